The van der Waals surface area contributed by atoms with Crippen molar-refractivity contribution in [2.45, 2.75) is 22.6 Å². The number of rotatable bonds is 8. The predicted octanol–water partition coefficient (Wildman–Crippen LogP) is 3.79. The number of ether oxygens (including phenoxy) is 3. The van der Waals surface area contributed by atoms with Gasteiger partial charge in [-0.1, -0.05) is 11.6 Å². The molecule has 0 aliphatic carbocycles. The molecule has 156 valence electrons. The molecule has 0 aliphatic rings. The van der Waals surface area contributed by atoms with Crippen molar-refractivity contribution in [1.29, 1.82) is 0 Å². The van der Waals surface area contributed by atoms with Crippen LogP contribution in [0.3, 0.4) is 0 Å². The molecule has 0 radical (unpaired) electrons. The maximum Gasteiger partial charge on any atom is 0.444 e. The number of benzene rings is 1. The number of pyridine rings is 1. The van der Waals surface area contributed by atoms with Gasteiger partial charge in [-0.2, -0.15) is 8.78 Å². The molecule has 2 unspecified atom stereocenters. The SMILES string of the molecule is COc1ccnc(CS(=O)c2nc3ccc(OC(F)(F)C(F)Cl)cc3[nH]2)c1OC. The van der Waals surface area contributed by atoms with Crippen LogP contribution in [0.5, 0.6) is 17.2 Å². The Balaban J connectivity index is 1.85. The summed E-state index contributed by atoms with van der Waals surface area (Å²) < 4.78 is 66.8. The van der Waals surface area contributed by atoms with Crippen LogP contribution in [0.2, 0.25) is 0 Å². The Morgan fingerprint density at radius 2 is 2.03 bits per heavy atom. The average Bonchev–Trinajstić information content (AvgIpc) is 3.10. The van der Waals surface area contributed by atoms with Crippen LogP contribution in [0, 0.1) is 0 Å². The van der Waals surface area contributed by atoms with Gasteiger partial charge in [0.2, 0.25) is 0 Å². The number of methoxy groups -OCH3 is 2. The van der Waals surface area contributed by atoms with Crippen molar-refractivity contribution in [3.8, 4) is 17.2 Å². The van der Waals surface area contributed by atoms with Crippen LogP contribution in [-0.4, -0.2) is 45.1 Å². The normalized spacial score (nSPS) is 13.9. The zero-order valence-electron chi connectivity index (χ0n) is 15.1. The summed E-state index contributed by atoms with van der Waals surface area (Å²) in [6.07, 6.45) is -2.71. The lowest BCUT2D eigenvalue weighted by atomic mass is 10.3. The first-order valence-corrected chi connectivity index (χ1v) is 9.79. The maximum absolute atomic E-state index is 13.3. The lowest BCUT2D eigenvalue weighted by Crippen LogP contribution is -2.32. The number of nitrogens with zero attached hydrogens (tertiary/aromatic N) is 2. The van der Waals surface area contributed by atoms with Gasteiger partial charge in [-0.3, -0.25) is 9.19 Å². The van der Waals surface area contributed by atoms with Gasteiger partial charge in [-0.15, -0.1) is 0 Å². The van der Waals surface area contributed by atoms with Gasteiger partial charge in [0.1, 0.15) is 5.75 Å². The number of aromatic amines is 1. The Morgan fingerprint density at radius 3 is 2.69 bits per heavy atom. The number of aromatic nitrogens is 3. The van der Waals surface area contributed by atoms with Gasteiger partial charge in [0, 0.05) is 18.3 Å². The molecular weight excluding hydrogens is 435 g/mol. The lowest BCUT2D eigenvalue weighted by molar-refractivity contribution is -0.198. The summed E-state index contributed by atoms with van der Waals surface area (Å²) in [6.45, 7) is 0. The standard InChI is InChI=1S/C17H15ClF3N3O4S/c1-26-13-5-6-22-12(14(13)27-2)8-29(25)16-23-10-4-3-9(7-11(10)24-16)28-17(20,21)15(18)19/h3-7,15H,8H2,1-2H3,(H,23,24). The highest BCUT2D eigenvalue weighted by molar-refractivity contribution is 7.84. The van der Waals surface area contributed by atoms with Crippen LogP contribution in [-0.2, 0) is 16.6 Å². The molecule has 0 amide bonds. The molecule has 0 bridgehead atoms. The summed E-state index contributed by atoms with van der Waals surface area (Å²) >= 11 is 4.78. The first-order chi connectivity index (χ1) is 13.7. The van der Waals surface area contributed by atoms with Crippen LogP contribution in [0.25, 0.3) is 11.0 Å². The van der Waals surface area contributed by atoms with Crippen molar-refractivity contribution in [1.82, 2.24) is 15.0 Å². The maximum atomic E-state index is 13.3. The van der Waals surface area contributed by atoms with E-state index >= 15 is 0 Å². The molecule has 7 nitrogen and oxygen atoms in total. The minimum atomic E-state index is -4.20. The molecule has 12 heteroatoms. The molecular formula is C17H15ClF3N3O4S. The second kappa shape index (κ2) is 8.46. The molecule has 2 atom stereocenters. The molecule has 0 fully saturated rings. The van der Waals surface area contributed by atoms with Crippen LogP contribution in [0.15, 0.2) is 35.6 Å². The summed E-state index contributed by atoms with van der Waals surface area (Å²) in [5.41, 5.74) is -1.98. The van der Waals surface area contributed by atoms with E-state index < -0.39 is 22.5 Å². The number of hydrogen-bond acceptors (Lipinski definition) is 6. The zero-order chi connectivity index (χ0) is 21.2. The van der Waals surface area contributed by atoms with Crippen LogP contribution >= 0.6 is 11.6 Å². The third-order valence-corrected chi connectivity index (χ3v) is 5.20. The van der Waals surface area contributed by atoms with Crippen molar-refractivity contribution in [2.75, 3.05) is 14.2 Å². The van der Waals surface area contributed by atoms with Crippen molar-refractivity contribution < 1.29 is 31.6 Å². The van der Waals surface area contributed by atoms with E-state index in [-0.39, 0.29) is 22.2 Å². The Bertz CT molecular complexity index is 1050. The fourth-order valence-electron chi connectivity index (χ4n) is 2.48. The molecule has 1 aromatic carbocycles. The van der Waals surface area contributed by atoms with Gasteiger partial charge >= 0.3 is 6.11 Å². The fraction of sp³-hybridized carbons (Fsp3) is 0.294. The lowest BCUT2D eigenvalue weighted by Gasteiger charge is -2.17. The van der Waals surface area contributed by atoms with Gasteiger partial charge in [-0.05, 0) is 12.1 Å². The molecule has 0 spiro atoms. The highest BCUT2D eigenvalue weighted by Crippen LogP contribution is 2.32. The van der Waals surface area contributed by atoms with E-state index in [1.807, 2.05) is 0 Å². The van der Waals surface area contributed by atoms with Gasteiger partial charge in [0.15, 0.2) is 16.7 Å². The summed E-state index contributed by atoms with van der Waals surface area (Å²) in [6, 6.07) is 5.33. The molecule has 0 saturated heterocycles. The molecule has 0 saturated carbocycles. The molecule has 3 aromatic rings. The zero-order valence-corrected chi connectivity index (χ0v) is 16.7. The largest absolute Gasteiger partial charge is 0.493 e. The number of halogens is 4. The van der Waals surface area contributed by atoms with Crippen molar-refractivity contribution >= 4 is 33.4 Å². The van der Waals surface area contributed by atoms with Crippen LogP contribution in [0.1, 0.15) is 5.69 Å². The Kier molecular flexibility index (Phi) is 6.18. The minimum Gasteiger partial charge on any atom is -0.493 e. The fourth-order valence-corrected chi connectivity index (χ4v) is 3.54. The molecule has 2 heterocycles. The third kappa shape index (κ3) is 4.56. The number of H-pyrrole nitrogens is 1. The minimum absolute atomic E-state index is 0.0304. The molecule has 0 aliphatic heterocycles. The smallest absolute Gasteiger partial charge is 0.444 e. The monoisotopic (exact) mass is 449 g/mol. The van der Waals surface area contributed by atoms with E-state index in [4.69, 9.17) is 21.1 Å². The summed E-state index contributed by atoms with van der Waals surface area (Å²) in [5, 5.41) is 0.0938. The summed E-state index contributed by atoms with van der Waals surface area (Å²) in [7, 11) is 1.25. The second-order valence-electron chi connectivity index (χ2n) is 5.67. The number of alkyl halides is 4. The number of hydrogen-bond donors (Lipinski definition) is 1. The van der Waals surface area contributed by atoms with Gasteiger partial charge < -0.3 is 19.2 Å². The predicted molar refractivity (Wildman–Crippen MR) is 99.9 cm³/mol. The van der Waals surface area contributed by atoms with Gasteiger partial charge in [0.05, 0.1) is 47.5 Å². The summed E-state index contributed by atoms with van der Waals surface area (Å²) in [5.74, 6) is 0.423. The highest BCUT2D eigenvalue weighted by atomic mass is 35.5. The molecule has 3 rings (SSSR count). The summed E-state index contributed by atoms with van der Waals surface area (Å²) in [4.78, 5) is 11.1. The molecule has 29 heavy (non-hydrogen) atoms. The van der Waals surface area contributed by atoms with E-state index in [1.165, 1.54) is 38.6 Å². The van der Waals surface area contributed by atoms with Crippen molar-refractivity contribution in [2.24, 2.45) is 0 Å². The van der Waals surface area contributed by atoms with Gasteiger partial charge in [-0.25, -0.2) is 9.37 Å². The highest BCUT2D eigenvalue weighted by Gasteiger charge is 2.42. The number of fused-ring (bicyclic) bond motifs is 1. The van der Waals surface area contributed by atoms with Gasteiger partial charge in [0.25, 0.3) is 5.63 Å². The second-order valence-corrected chi connectivity index (χ2v) is 7.42. The molecule has 2 aromatic heterocycles. The first-order valence-electron chi connectivity index (χ1n) is 8.04. The van der Waals surface area contributed by atoms with E-state index in [9.17, 15) is 17.4 Å². The van der Waals surface area contributed by atoms with Crippen LogP contribution < -0.4 is 14.2 Å². The molecule has 1 N–H and O–H groups in total. The Hall–Kier alpha value is -2.53. The Morgan fingerprint density at radius 1 is 1.28 bits per heavy atom. The van der Waals surface area contributed by atoms with E-state index in [2.05, 4.69) is 19.7 Å². The average molecular weight is 450 g/mol. The van der Waals surface area contributed by atoms with Crippen molar-refractivity contribution in [3.63, 3.8) is 0 Å². The number of imidazole rings is 1. The Labute approximate surface area is 170 Å². The van der Waals surface area contributed by atoms with E-state index in [0.717, 1.165) is 0 Å². The topological polar surface area (TPSA) is 86.3 Å². The van der Waals surface area contributed by atoms with Crippen molar-refractivity contribution in [3.05, 3.63) is 36.2 Å². The third-order valence-electron chi connectivity index (χ3n) is 3.79. The van der Waals surface area contributed by atoms with E-state index in [1.54, 1.807) is 6.07 Å². The van der Waals surface area contributed by atoms with Crippen LogP contribution in [0.4, 0.5) is 13.2 Å². The number of nitrogens with one attached hydrogen (secondary N) is 1. The quantitative estimate of drug-likeness (QED) is 0.526. The van der Waals surface area contributed by atoms with E-state index in [0.29, 0.717) is 22.7 Å². The first kappa shape index (κ1) is 21.2.